The van der Waals surface area contributed by atoms with Crippen LogP contribution >= 0.6 is 23.2 Å². The van der Waals surface area contributed by atoms with Crippen LogP contribution in [0.1, 0.15) is 69.3 Å². The molecule has 2 aromatic carbocycles. The second-order valence-electron chi connectivity index (χ2n) is 11.1. The average molecular weight is 701 g/mol. The van der Waals surface area contributed by atoms with Gasteiger partial charge in [0.25, 0.3) is 5.91 Å². The predicted octanol–water partition coefficient (Wildman–Crippen LogP) is 6.43. The van der Waals surface area contributed by atoms with Crippen LogP contribution in [0.2, 0.25) is 0 Å². The SMILES string of the molecule is CC(C)=CCC/C(C)=C/CC/C(C)=C/CN1C(=O)c2cccc(OP(=O)(O)O)c2Nc2c(CP(=O)(O)O)cc(OP(=O)(O)O)cc21. The molecule has 0 radical (unpaired) electrons. The van der Waals surface area contributed by atoms with Crippen LogP contribution in [0.4, 0.5) is 17.1 Å². The number of allylic oxidation sites excluding steroid dienone is 5. The number of phosphoric ester groups is 2. The zero-order chi connectivity index (χ0) is 34.4. The summed E-state index contributed by atoms with van der Waals surface area (Å²) in [6.45, 7) is 7.95. The number of rotatable bonds is 14. The standard InChI is InChI=1S/C29H39N2O12P3/c1-19(2)8-5-9-20(3)10-6-11-21(4)14-15-31-25-17-23(42-45(36,37)38)16-22(18-44(33,34)35)27(25)30-28-24(29(31)32)12-7-13-26(28)43-46(39,40)41/h7-8,10,12-14,16-17,30H,5-6,9,11,15,18H2,1-4H3,(H2,33,34,35)(H2,36,37,38)(H2,39,40,41)/b20-10+,21-14+. The largest absolute Gasteiger partial charge is 0.524 e. The fourth-order valence-corrected chi connectivity index (χ4v) is 6.22. The molecule has 0 bridgehead atoms. The van der Waals surface area contributed by atoms with E-state index in [1.165, 1.54) is 34.2 Å². The van der Waals surface area contributed by atoms with Crippen LogP contribution in [0.3, 0.4) is 0 Å². The van der Waals surface area contributed by atoms with Gasteiger partial charge in [-0.3, -0.25) is 28.9 Å². The number of fused-ring (bicyclic) bond motifs is 2. The second kappa shape index (κ2) is 15.3. The first-order valence-electron chi connectivity index (χ1n) is 14.1. The maximum atomic E-state index is 14.0. The third-order valence-corrected chi connectivity index (χ3v) is 8.41. The van der Waals surface area contributed by atoms with Crippen LogP contribution in [-0.4, -0.2) is 41.8 Å². The van der Waals surface area contributed by atoms with E-state index in [2.05, 4.69) is 24.4 Å². The highest BCUT2D eigenvalue weighted by Crippen LogP contribution is 2.51. The highest BCUT2D eigenvalue weighted by molar-refractivity contribution is 7.50. The van der Waals surface area contributed by atoms with E-state index in [1.807, 2.05) is 20.8 Å². The molecule has 46 heavy (non-hydrogen) atoms. The van der Waals surface area contributed by atoms with Crippen molar-refractivity contribution in [3.05, 3.63) is 76.4 Å². The number of nitrogens with one attached hydrogen (secondary N) is 1. The fraction of sp³-hybridized carbons (Fsp3) is 0.345. The molecule has 3 rings (SSSR count). The molecule has 0 fully saturated rings. The van der Waals surface area contributed by atoms with E-state index in [0.29, 0.717) is 6.42 Å². The number of anilines is 3. The van der Waals surface area contributed by atoms with Gasteiger partial charge in [0.15, 0.2) is 5.75 Å². The fourth-order valence-electron chi connectivity index (χ4n) is 4.74. The number of hydrogen-bond donors (Lipinski definition) is 7. The van der Waals surface area contributed by atoms with E-state index >= 15 is 0 Å². The van der Waals surface area contributed by atoms with Crippen LogP contribution in [0.15, 0.2) is 65.3 Å². The van der Waals surface area contributed by atoms with Gasteiger partial charge in [-0.15, -0.1) is 0 Å². The van der Waals surface area contributed by atoms with E-state index < -0.39 is 46.8 Å². The predicted molar refractivity (Wildman–Crippen MR) is 174 cm³/mol. The van der Waals surface area contributed by atoms with Crippen molar-refractivity contribution in [2.24, 2.45) is 0 Å². The molecule has 0 aliphatic carbocycles. The van der Waals surface area contributed by atoms with Gasteiger partial charge in [-0.2, -0.15) is 0 Å². The first-order valence-corrected chi connectivity index (χ1v) is 19.0. The zero-order valence-electron chi connectivity index (χ0n) is 25.8. The molecule has 0 atom stereocenters. The van der Waals surface area contributed by atoms with Gasteiger partial charge in [-0.05, 0) is 77.1 Å². The first kappa shape index (κ1) is 37.4. The third-order valence-electron chi connectivity index (χ3n) is 6.78. The molecule has 0 aromatic heterocycles. The maximum Gasteiger partial charge on any atom is 0.524 e. The maximum absolute atomic E-state index is 14.0. The van der Waals surface area contributed by atoms with Crippen LogP contribution < -0.4 is 19.3 Å². The van der Waals surface area contributed by atoms with E-state index in [0.717, 1.165) is 37.0 Å². The highest BCUT2D eigenvalue weighted by atomic mass is 31.2. The Hall–Kier alpha value is -3.02. The molecule has 0 saturated carbocycles. The molecule has 1 aliphatic heterocycles. The number of amides is 1. The van der Waals surface area contributed by atoms with Gasteiger partial charge in [0.2, 0.25) is 0 Å². The zero-order valence-corrected chi connectivity index (χ0v) is 28.5. The molecule has 2 aromatic rings. The van der Waals surface area contributed by atoms with Gasteiger partial charge in [0.05, 0.1) is 28.8 Å². The lowest BCUT2D eigenvalue weighted by Gasteiger charge is -2.24. The van der Waals surface area contributed by atoms with E-state index in [4.69, 9.17) is 9.05 Å². The van der Waals surface area contributed by atoms with E-state index in [9.17, 15) is 47.9 Å². The Kier molecular flexibility index (Phi) is 12.4. The number of nitrogens with zero attached hydrogens (tertiary/aromatic N) is 1. The van der Waals surface area contributed by atoms with Gasteiger partial charge >= 0.3 is 23.2 Å². The lowest BCUT2D eigenvalue weighted by atomic mass is 10.1. The molecular weight excluding hydrogens is 661 g/mol. The number of carbonyl (C=O) groups excluding carboxylic acids is 1. The van der Waals surface area contributed by atoms with Crippen LogP contribution in [0.25, 0.3) is 0 Å². The van der Waals surface area contributed by atoms with Crippen molar-refractivity contribution >= 4 is 46.2 Å². The van der Waals surface area contributed by atoms with E-state index in [-0.39, 0.29) is 34.7 Å². The summed E-state index contributed by atoms with van der Waals surface area (Å²) in [5.41, 5.74) is 2.81. The molecule has 0 saturated heterocycles. The molecule has 1 aliphatic rings. The Morgan fingerprint density at radius 3 is 2.02 bits per heavy atom. The van der Waals surface area contributed by atoms with Gasteiger partial charge in [0, 0.05) is 12.6 Å². The number of para-hydroxylation sites is 1. The van der Waals surface area contributed by atoms with Gasteiger partial charge in [-0.25, -0.2) is 9.13 Å². The monoisotopic (exact) mass is 700 g/mol. The smallest absolute Gasteiger partial charge is 0.404 e. The minimum absolute atomic E-state index is 0.0585. The first-order chi connectivity index (χ1) is 21.2. The summed E-state index contributed by atoms with van der Waals surface area (Å²) < 4.78 is 45.1. The van der Waals surface area contributed by atoms with Gasteiger partial charge in [0.1, 0.15) is 5.75 Å². The summed E-state index contributed by atoms with van der Waals surface area (Å²) in [4.78, 5) is 72.7. The number of carbonyl (C=O) groups is 1. The van der Waals surface area contributed by atoms with Gasteiger partial charge < -0.3 is 29.1 Å². The molecule has 0 unspecified atom stereocenters. The van der Waals surface area contributed by atoms with E-state index in [1.54, 1.807) is 6.08 Å². The van der Waals surface area contributed by atoms with Crippen LogP contribution in [0, 0.1) is 0 Å². The van der Waals surface area contributed by atoms with Crippen LogP contribution in [-0.2, 0) is 19.9 Å². The van der Waals surface area contributed by atoms with Gasteiger partial charge in [-0.1, -0.05) is 41.0 Å². The normalized spacial score (nSPS) is 14.2. The topological polar surface area (TPSA) is 223 Å². The summed E-state index contributed by atoms with van der Waals surface area (Å²) in [7, 11) is -15.1. The summed E-state index contributed by atoms with van der Waals surface area (Å²) in [6, 6.07) is 6.02. The summed E-state index contributed by atoms with van der Waals surface area (Å²) in [6.07, 6.45) is 8.44. The molecule has 14 nitrogen and oxygen atoms in total. The molecule has 1 heterocycles. The average Bonchev–Trinajstić information content (AvgIpc) is 2.99. The van der Waals surface area contributed by atoms with Crippen molar-refractivity contribution in [2.75, 3.05) is 16.8 Å². The summed E-state index contributed by atoms with van der Waals surface area (Å²) in [5, 5.41) is 2.84. The van der Waals surface area contributed by atoms with Crippen LogP contribution in [0.5, 0.6) is 11.5 Å². The third kappa shape index (κ3) is 11.7. The van der Waals surface area contributed by atoms with Crippen molar-refractivity contribution in [3.63, 3.8) is 0 Å². The lowest BCUT2D eigenvalue weighted by molar-refractivity contribution is 0.0990. The number of hydrogen-bond acceptors (Lipinski definition) is 7. The number of phosphoric acid groups is 2. The highest BCUT2D eigenvalue weighted by Gasteiger charge is 2.33. The van der Waals surface area contributed by atoms with Crippen molar-refractivity contribution in [1.82, 2.24) is 0 Å². The minimum Gasteiger partial charge on any atom is -0.404 e. The van der Waals surface area contributed by atoms with Crippen molar-refractivity contribution in [3.8, 4) is 11.5 Å². The number of benzene rings is 2. The minimum atomic E-state index is -5.14. The van der Waals surface area contributed by atoms with Crippen molar-refractivity contribution in [1.29, 1.82) is 0 Å². The van der Waals surface area contributed by atoms with Crippen molar-refractivity contribution < 1.29 is 56.9 Å². The Morgan fingerprint density at radius 1 is 0.826 bits per heavy atom. The molecule has 7 N–H and O–H groups in total. The molecular formula is C29H39N2O12P3. The molecule has 17 heteroatoms. The Morgan fingerprint density at radius 2 is 1.43 bits per heavy atom. The molecule has 252 valence electrons. The summed E-state index contributed by atoms with van der Waals surface area (Å²) >= 11 is 0. The Bertz CT molecular complexity index is 1700. The molecule has 0 spiro atoms. The molecule has 1 amide bonds. The lowest BCUT2D eigenvalue weighted by Crippen LogP contribution is -2.30. The Labute approximate surface area is 267 Å². The summed E-state index contributed by atoms with van der Waals surface area (Å²) in [5.74, 6) is -1.59. The Balaban J connectivity index is 2.11. The van der Waals surface area contributed by atoms with Crippen molar-refractivity contribution in [2.45, 2.75) is 59.5 Å². The second-order valence-corrected chi connectivity index (χ2v) is 15.1. The quantitative estimate of drug-likeness (QED) is 0.0835.